The van der Waals surface area contributed by atoms with Gasteiger partial charge in [-0.15, -0.1) is 0 Å². The molecular formula is C49H80O6. The lowest BCUT2D eigenvalue weighted by molar-refractivity contribution is -0.166. The Hall–Kier alpha value is -3.41. The molecule has 1 unspecified atom stereocenters. The molecule has 0 N–H and O–H groups in total. The molecule has 0 aliphatic carbocycles. The van der Waals surface area contributed by atoms with E-state index in [2.05, 4.69) is 69.4 Å². The molecule has 55 heavy (non-hydrogen) atoms. The summed E-state index contributed by atoms with van der Waals surface area (Å²) in [6, 6.07) is 0. The van der Waals surface area contributed by atoms with Crippen molar-refractivity contribution in [2.45, 2.75) is 194 Å². The Morgan fingerprint density at radius 3 is 1.42 bits per heavy atom. The van der Waals surface area contributed by atoms with E-state index in [1.807, 2.05) is 30.4 Å². The van der Waals surface area contributed by atoms with Gasteiger partial charge >= 0.3 is 17.9 Å². The average Bonchev–Trinajstić information content (AvgIpc) is 3.18. The predicted octanol–water partition coefficient (Wildman–Crippen LogP) is 14.1. The molecule has 0 fully saturated rings. The van der Waals surface area contributed by atoms with Crippen molar-refractivity contribution >= 4 is 17.9 Å². The van der Waals surface area contributed by atoms with Crippen molar-refractivity contribution in [3.63, 3.8) is 0 Å². The van der Waals surface area contributed by atoms with Crippen LogP contribution in [-0.4, -0.2) is 37.2 Å². The van der Waals surface area contributed by atoms with Crippen molar-refractivity contribution in [3.8, 4) is 0 Å². The Morgan fingerprint density at radius 1 is 0.418 bits per heavy atom. The van der Waals surface area contributed by atoms with Crippen LogP contribution in [0, 0.1) is 0 Å². The molecule has 1 atom stereocenters. The molecule has 6 heteroatoms. The first-order chi connectivity index (χ1) is 27.0. The number of unbranched alkanes of at least 4 members (excludes halogenated alkanes) is 17. The number of hydrogen-bond acceptors (Lipinski definition) is 6. The zero-order chi connectivity index (χ0) is 40.1. The van der Waals surface area contributed by atoms with E-state index in [0.717, 1.165) is 83.5 Å². The van der Waals surface area contributed by atoms with Crippen LogP contribution in [0.1, 0.15) is 188 Å². The smallest absolute Gasteiger partial charge is 0.309 e. The molecule has 0 aromatic carbocycles. The number of allylic oxidation sites excluding steroid dienone is 13. The highest BCUT2D eigenvalue weighted by atomic mass is 16.6. The second-order valence-electron chi connectivity index (χ2n) is 14.3. The Morgan fingerprint density at radius 2 is 0.855 bits per heavy atom. The van der Waals surface area contributed by atoms with E-state index < -0.39 is 12.1 Å². The lowest BCUT2D eigenvalue weighted by Gasteiger charge is -2.18. The van der Waals surface area contributed by atoms with Crippen molar-refractivity contribution in [1.29, 1.82) is 0 Å². The average molecular weight is 765 g/mol. The Labute approximate surface area is 337 Å². The number of esters is 3. The van der Waals surface area contributed by atoms with Gasteiger partial charge in [-0.2, -0.15) is 0 Å². The van der Waals surface area contributed by atoms with E-state index in [-0.39, 0.29) is 31.6 Å². The molecule has 0 amide bonds. The van der Waals surface area contributed by atoms with Gasteiger partial charge in [0.05, 0.1) is 6.42 Å². The maximum Gasteiger partial charge on any atom is 0.309 e. The zero-order valence-electron chi connectivity index (χ0n) is 35.4. The molecule has 0 aromatic rings. The molecule has 0 spiro atoms. The largest absolute Gasteiger partial charge is 0.462 e. The predicted molar refractivity (Wildman–Crippen MR) is 233 cm³/mol. The quantitative estimate of drug-likeness (QED) is 0.0205. The van der Waals surface area contributed by atoms with Gasteiger partial charge in [0.15, 0.2) is 6.10 Å². The normalized spacial score (nSPS) is 12.9. The molecule has 0 heterocycles. The van der Waals surface area contributed by atoms with E-state index in [1.165, 1.54) is 64.2 Å². The molecule has 0 aliphatic heterocycles. The minimum Gasteiger partial charge on any atom is -0.462 e. The van der Waals surface area contributed by atoms with Crippen LogP contribution in [0.2, 0.25) is 0 Å². The number of carbonyl (C=O) groups is 3. The summed E-state index contributed by atoms with van der Waals surface area (Å²) in [5.74, 6) is -1.07. The molecular weight excluding hydrogens is 685 g/mol. The van der Waals surface area contributed by atoms with Crippen LogP contribution in [-0.2, 0) is 28.6 Å². The molecule has 0 saturated heterocycles. The van der Waals surface area contributed by atoms with Gasteiger partial charge in [-0.3, -0.25) is 14.4 Å². The van der Waals surface area contributed by atoms with Gasteiger partial charge in [0.1, 0.15) is 13.2 Å². The second kappa shape index (κ2) is 43.3. The summed E-state index contributed by atoms with van der Waals surface area (Å²) in [6.07, 6.45) is 54.5. The maximum absolute atomic E-state index is 12.7. The fourth-order valence-electron chi connectivity index (χ4n) is 5.75. The Bertz CT molecular complexity index is 1110. The molecule has 0 aromatic heterocycles. The summed E-state index contributed by atoms with van der Waals surface area (Å²) in [4.78, 5) is 37.6. The highest BCUT2D eigenvalue weighted by molar-refractivity contribution is 5.72. The van der Waals surface area contributed by atoms with Crippen LogP contribution >= 0.6 is 0 Å². The highest BCUT2D eigenvalue weighted by Gasteiger charge is 2.19. The van der Waals surface area contributed by atoms with E-state index in [1.54, 1.807) is 6.08 Å². The van der Waals surface area contributed by atoms with Crippen molar-refractivity contribution in [2.24, 2.45) is 0 Å². The van der Waals surface area contributed by atoms with E-state index in [4.69, 9.17) is 14.2 Å². The summed E-state index contributed by atoms with van der Waals surface area (Å²) in [5.41, 5.74) is 0. The van der Waals surface area contributed by atoms with Crippen LogP contribution < -0.4 is 0 Å². The molecule has 6 nitrogen and oxygen atoms in total. The standard InChI is InChI=1S/C49H80O6/c1-4-7-10-13-16-19-21-23-24-26-27-30-33-36-39-42-48(51)54-45-46(44-53-47(50)41-38-35-32-29-18-15-12-9-6-3)55-49(52)43-40-37-34-31-28-25-22-20-17-14-11-8-5-2/h7,9-10,12-13,16,18-19,21,23-24,29,35,38,46H,4-6,8,11,14-15,17,20,22,25-28,30-34,36-37,39-45H2,1-3H3/b10-7-,12-9-,16-13-,21-19-,24-23-,29-18-,38-35-. The van der Waals surface area contributed by atoms with Gasteiger partial charge in [0.2, 0.25) is 0 Å². The van der Waals surface area contributed by atoms with Gasteiger partial charge in [-0.1, -0.05) is 202 Å². The molecule has 0 bridgehead atoms. The summed E-state index contributed by atoms with van der Waals surface area (Å²) >= 11 is 0. The fraction of sp³-hybridized carbons (Fsp3) is 0.653. The van der Waals surface area contributed by atoms with Crippen LogP contribution in [0.3, 0.4) is 0 Å². The first kappa shape index (κ1) is 51.6. The van der Waals surface area contributed by atoms with E-state index in [0.29, 0.717) is 12.8 Å². The third-order valence-electron chi connectivity index (χ3n) is 9.02. The monoisotopic (exact) mass is 765 g/mol. The van der Waals surface area contributed by atoms with Crippen LogP contribution in [0.5, 0.6) is 0 Å². The molecule has 0 rings (SSSR count). The summed E-state index contributed by atoms with van der Waals surface area (Å²) < 4.78 is 16.5. The second-order valence-corrected chi connectivity index (χ2v) is 14.3. The summed E-state index contributed by atoms with van der Waals surface area (Å²) in [5, 5.41) is 0. The number of rotatable bonds is 38. The van der Waals surface area contributed by atoms with Crippen LogP contribution in [0.25, 0.3) is 0 Å². The third kappa shape index (κ3) is 41.6. The minimum atomic E-state index is -0.817. The van der Waals surface area contributed by atoms with Gasteiger partial charge in [0.25, 0.3) is 0 Å². The topological polar surface area (TPSA) is 78.9 Å². The molecule has 0 aliphatic rings. The van der Waals surface area contributed by atoms with Crippen molar-refractivity contribution in [3.05, 3.63) is 85.1 Å². The van der Waals surface area contributed by atoms with Crippen molar-refractivity contribution < 1.29 is 28.6 Å². The first-order valence-electron chi connectivity index (χ1n) is 22.1. The van der Waals surface area contributed by atoms with Crippen molar-refractivity contribution in [2.75, 3.05) is 13.2 Å². The molecule has 312 valence electrons. The summed E-state index contributed by atoms with van der Waals surface area (Å²) in [7, 11) is 0. The fourth-order valence-corrected chi connectivity index (χ4v) is 5.75. The first-order valence-corrected chi connectivity index (χ1v) is 22.1. The molecule has 0 radical (unpaired) electrons. The van der Waals surface area contributed by atoms with Gasteiger partial charge in [-0.25, -0.2) is 0 Å². The highest BCUT2D eigenvalue weighted by Crippen LogP contribution is 2.14. The molecule has 0 saturated carbocycles. The van der Waals surface area contributed by atoms with Gasteiger partial charge < -0.3 is 14.2 Å². The maximum atomic E-state index is 12.7. The SMILES string of the molecule is CC\C=C/C=C\C=C/C=C\CCCCCCCC(=O)OCC(COC(=O)C/C=C\C/C=C\C/C=C\CC)OC(=O)CCCCCCCCCCCCCCC. The summed E-state index contributed by atoms with van der Waals surface area (Å²) in [6.45, 7) is 6.24. The van der Waals surface area contributed by atoms with E-state index in [9.17, 15) is 14.4 Å². The van der Waals surface area contributed by atoms with Gasteiger partial charge in [-0.05, 0) is 51.4 Å². The van der Waals surface area contributed by atoms with Crippen LogP contribution in [0.4, 0.5) is 0 Å². The number of ether oxygens (including phenoxy) is 3. The Balaban J connectivity index is 4.47. The lowest BCUT2D eigenvalue weighted by atomic mass is 10.0. The lowest BCUT2D eigenvalue weighted by Crippen LogP contribution is -2.30. The number of hydrogen-bond donors (Lipinski definition) is 0. The van der Waals surface area contributed by atoms with E-state index >= 15 is 0 Å². The minimum absolute atomic E-state index is 0.115. The third-order valence-corrected chi connectivity index (χ3v) is 9.02. The van der Waals surface area contributed by atoms with Crippen LogP contribution in [0.15, 0.2) is 85.1 Å². The van der Waals surface area contributed by atoms with Gasteiger partial charge in [0, 0.05) is 12.8 Å². The zero-order valence-corrected chi connectivity index (χ0v) is 35.4. The number of carbonyl (C=O) groups excluding carboxylic acids is 3. The Kier molecular flexibility index (Phi) is 40.6. The van der Waals surface area contributed by atoms with Crippen molar-refractivity contribution in [1.82, 2.24) is 0 Å².